The average molecular weight is 2390 g/mol. The molecule has 22 N–H and O–H groups in total. The molecule has 0 bridgehead atoms. The molecular weight excluding hydrogens is 2270 g/mol. The first-order chi connectivity index (χ1) is 69.8. The zero-order valence-corrected chi connectivity index (χ0v) is 95.1. The minimum atomic E-state index is -1.03. The number of phenolic OH excluding ortho intramolecular Hbond substituents is 1. The van der Waals surface area contributed by atoms with Crippen molar-refractivity contribution in [2.75, 3.05) is 122 Å². The number of alkyl halides is 1. The molecule has 0 saturated carbocycles. The van der Waals surface area contributed by atoms with Crippen LogP contribution in [-0.2, 0) is 54.8 Å². The predicted octanol–water partition coefficient (Wildman–Crippen LogP) is 3.83. The van der Waals surface area contributed by atoms with Gasteiger partial charge in [0.15, 0.2) is 15.7 Å². The fourth-order valence-corrected chi connectivity index (χ4v) is 13.7. The van der Waals surface area contributed by atoms with Crippen LogP contribution in [-0.4, -0.2) is 235 Å². The number of hydrogen-bond donors (Lipinski definition) is 14. The van der Waals surface area contributed by atoms with Gasteiger partial charge in [-0.2, -0.15) is 14.6 Å². The van der Waals surface area contributed by atoms with Crippen LogP contribution >= 0.6 is 71.0 Å². The van der Waals surface area contributed by atoms with Gasteiger partial charge < -0.3 is 120 Å². The van der Waals surface area contributed by atoms with Crippen LogP contribution in [0.15, 0.2) is 130 Å². The Balaban J connectivity index is 0. The van der Waals surface area contributed by atoms with Crippen LogP contribution in [0.25, 0.3) is 22.1 Å². The number of nitro groups is 4. The first kappa shape index (κ1) is 139. The molecule has 0 unspecified atom stereocenters. The monoisotopic (exact) mass is 2380 g/mol. The number of rotatable bonds is 47. The molecular formula is C89H115BBr3Cl2FK2N24O28. The molecule has 0 aliphatic heterocycles. The molecule has 0 fully saturated rings. The van der Waals surface area contributed by atoms with Crippen molar-refractivity contribution in [1.82, 2.24) is 43.9 Å². The Morgan fingerprint density at radius 2 is 0.860 bits per heavy atom. The van der Waals surface area contributed by atoms with Gasteiger partial charge in [-0.05, 0) is 133 Å². The van der Waals surface area contributed by atoms with E-state index in [0.29, 0.717) is 133 Å². The molecule has 4 aromatic heterocycles. The summed E-state index contributed by atoms with van der Waals surface area (Å²) >= 11 is 20.9. The second-order valence-electron chi connectivity index (χ2n) is 29.3. The van der Waals surface area contributed by atoms with Gasteiger partial charge >= 0.3 is 116 Å². The van der Waals surface area contributed by atoms with Crippen LogP contribution in [0.1, 0.15) is 143 Å². The van der Waals surface area contributed by atoms with Crippen LogP contribution < -0.4 is 189 Å². The molecule has 10 rings (SSSR count). The van der Waals surface area contributed by atoms with E-state index in [0.717, 1.165) is 54.8 Å². The summed E-state index contributed by atoms with van der Waals surface area (Å²) in [4.78, 5) is 156. The normalized spacial score (nSPS) is 10.4. The number of nitrogens with one attached hydrogen (secondary N) is 4. The molecule has 0 aliphatic carbocycles. The van der Waals surface area contributed by atoms with E-state index in [1.807, 2.05) is 38.2 Å². The molecule has 4 heterocycles. The van der Waals surface area contributed by atoms with Gasteiger partial charge in [-0.3, -0.25) is 104 Å². The molecule has 0 radical (unpaired) electrons. The average Bonchev–Trinajstić information content (AvgIpc) is 1.60. The van der Waals surface area contributed by atoms with E-state index < -0.39 is 108 Å². The van der Waals surface area contributed by atoms with Crippen molar-refractivity contribution in [1.29, 1.82) is 0 Å². The summed E-state index contributed by atoms with van der Waals surface area (Å²) in [7, 11) is 5.98. The van der Waals surface area contributed by atoms with E-state index in [-0.39, 0.29) is 229 Å². The number of imidazole rings is 2. The fraction of sp³-hybridized carbons (Fsp3) is 0.337. The van der Waals surface area contributed by atoms with Crippen molar-refractivity contribution in [3.63, 3.8) is 0 Å². The molecule has 61 heteroatoms. The summed E-state index contributed by atoms with van der Waals surface area (Å²) in [5.41, 5.74) is 44.2. The molecule has 806 valence electrons. The zero-order chi connectivity index (χ0) is 110. The number of allylic oxidation sites excluding steroid dienone is 2. The summed E-state index contributed by atoms with van der Waals surface area (Å²) in [6, 6.07) is 18.2. The zero-order valence-electron chi connectivity index (χ0n) is 83.6. The van der Waals surface area contributed by atoms with Crippen molar-refractivity contribution >= 4 is 194 Å². The molecule has 0 spiro atoms. The second-order valence-corrected chi connectivity index (χ2v) is 32.6. The Hall–Kier alpha value is -11.3. The maximum atomic E-state index is 13.7. The number of primary amides is 6. The van der Waals surface area contributed by atoms with Gasteiger partial charge in [-0.25, -0.2) is 9.97 Å². The van der Waals surface area contributed by atoms with Gasteiger partial charge in [0, 0.05) is 194 Å². The standard InChI is InChI=1S/C38H43BrN12O6.C15H22N4O5.C11H13ClN2O5.C7H4BrFN2O3.C7H5ClN2O4.C5H13BN2O.C4H9BrO.CH2O3.CH4.2K.H/c1-6-50-28(15-21(3)46-50)35(54)44-37-42-26-18-23(33(40)52)17-25(39)31(26)48(37)11-8-9-12-49-32-27(19-24(34(41)53)20-30(32)57-14-10-13-56-5)43-38(49)45-36(55)29-16-22(4)47-51(29)7-2;1-23-7-4-8-24-13-10-11(15(17)20)9-12(19(21)22)14(13)18-6-3-2-5-16;1-18-3-2-4-19-9-6-7(11(13)15)5-8(10(9)12)14(16)17;8-4-1-3(7(10)12)2-5(6(4)9)11(13)14;8-6-4(10(13)14)1-3(7(9)12)2-5(6)11;1-6(9)8-5-3-2-4-7;1-6-4-2-3-5;2-1-4-3;;;;/h8-9,15-20H,6-7,10-14H2,1-5H3,(H2,40,52)(H2,41,53)(H,42,44,54)(H,43,45,55);2-3,9-10,18H,4-8,16H2,1H3,(H2,17,20);5-6H,2-4H2,1H3,(H2,13,15);1-2H,(H2,10,12);1-2,11H,(H2,9,12);2-3,8-9H,4-5,7H2,1H3;2-4H2,1H3;1,3H;1H4;;;/q;;;;;;;;;2*+1;-1/p-1/b9-8+;3-2+;;;;3-2+;;;;;;. The number of halogens is 6. The first-order valence-electron chi connectivity index (χ1n) is 43.3. The van der Waals surface area contributed by atoms with E-state index in [4.69, 9.17) is 127 Å². The number of nitrogens with zero attached hydrogens (tertiary/aromatic N) is 12. The Morgan fingerprint density at radius 3 is 1.26 bits per heavy atom. The minimum absolute atomic E-state index is 0. The van der Waals surface area contributed by atoms with Crippen LogP contribution in [0.2, 0.25) is 16.9 Å². The SMILES string of the molecule is C.CB(O)NC/C=C/CN.CCn1nc(C)cc1C(=O)Nc1nc2cc(C(N)=O)cc(Br)c2n1C/C=C/Cn1c(NC(=O)c2cc(C)nn2CC)nc2cc(C(N)=O)cc(OCCCOC)c21.COCCCBr.COCCCOc1cc(C(N)=O)cc([N+](=O)[O-])c1Cl.COCCCOc1cc(C(N)=O)cc([N+](=O)[O-])c1NC/C=C/CN.NC(=O)c1cc(Br)c(F)c([N+](=O)[O-])c1.NC(=O)c1cc(O)c(Cl)c([N+](=O)[O-])c1.O=CO[O-].[H-].[K+].[K+]. The first-order valence-corrected chi connectivity index (χ1v) is 46.7. The number of methoxy groups -OCH3 is 4. The molecule has 0 saturated heterocycles. The number of anilines is 3. The molecule has 0 atom stereocenters. The number of benzene rings is 6. The summed E-state index contributed by atoms with van der Waals surface area (Å²) in [6.07, 6.45) is 13.8. The maximum absolute atomic E-state index is 13.7. The second kappa shape index (κ2) is 73.8. The summed E-state index contributed by atoms with van der Waals surface area (Å²) in [5, 5.41) is 89.9. The van der Waals surface area contributed by atoms with Crippen molar-refractivity contribution in [3.8, 4) is 23.0 Å². The van der Waals surface area contributed by atoms with E-state index in [2.05, 4.69) is 89.0 Å². The maximum Gasteiger partial charge on any atom is 1.00 e. The topological polar surface area (TPSA) is 791 Å². The smallest absolute Gasteiger partial charge is 1.00 e. The van der Waals surface area contributed by atoms with Crippen molar-refractivity contribution < 1.29 is 225 Å². The summed E-state index contributed by atoms with van der Waals surface area (Å²) < 4.78 is 56.9. The number of fused-ring (bicyclic) bond motifs is 2. The van der Waals surface area contributed by atoms with Crippen molar-refractivity contribution in [2.24, 2.45) is 45.9 Å². The van der Waals surface area contributed by atoms with E-state index in [1.54, 1.807) is 116 Å². The number of amides is 8. The molecule has 10 aromatic rings. The van der Waals surface area contributed by atoms with E-state index >= 15 is 0 Å². The van der Waals surface area contributed by atoms with Gasteiger partial charge in [0.25, 0.3) is 35.3 Å². The number of carbonyl (C=O) groups is 9. The molecule has 0 aliphatic rings. The van der Waals surface area contributed by atoms with Crippen molar-refractivity contribution in [2.45, 2.75) is 93.8 Å². The van der Waals surface area contributed by atoms with Gasteiger partial charge in [0.2, 0.25) is 53.2 Å². The Kier molecular flexibility index (Phi) is 68.2. The third-order valence-corrected chi connectivity index (χ3v) is 21.1. The van der Waals surface area contributed by atoms with Crippen LogP contribution in [0.5, 0.6) is 23.0 Å². The predicted molar refractivity (Wildman–Crippen MR) is 558 cm³/mol. The number of hydrogen-bond acceptors (Lipinski definition) is 36. The number of aromatic hydroxyl groups is 1. The summed E-state index contributed by atoms with van der Waals surface area (Å²) in [5.74, 6) is -6.00. The van der Waals surface area contributed by atoms with E-state index in [9.17, 15) is 83.2 Å². The third kappa shape index (κ3) is 46.1. The van der Waals surface area contributed by atoms with Gasteiger partial charge in [0.05, 0.1) is 71.9 Å². The number of carbonyl (C=O) groups excluding carboxylic acids is 9. The van der Waals surface area contributed by atoms with Crippen LogP contribution in [0.3, 0.4) is 0 Å². The largest absolute Gasteiger partial charge is 1.00 e. The van der Waals surface area contributed by atoms with Gasteiger partial charge in [-0.15, -0.1) is 0 Å². The number of phenols is 1. The number of ether oxygens (including phenoxy) is 7. The number of aryl methyl sites for hydroxylation is 4. The van der Waals surface area contributed by atoms with Crippen LogP contribution in [0.4, 0.5) is 44.7 Å². The van der Waals surface area contributed by atoms with Gasteiger partial charge in [0.1, 0.15) is 39.9 Å². The quantitative estimate of drug-likeness (QED) is 0.00377. The number of aromatic nitrogens is 8. The molecule has 150 heavy (non-hydrogen) atoms. The summed E-state index contributed by atoms with van der Waals surface area (Å²) in [6.45, 7) is 15.3. The Bertz CT molecular complexity index is 6250. The molecule has 52 nitrogen and oxygen atoms in total. The Morgan fingerprint density at radius 1 is 0.507 bits per heavy atom. The van der Waals surface area contributed by atoms with Crippen molar-refractivity contribution in [3.05, 3.63) is 243 Å². The number of nitrogens with two attached hydrogens (primary N) is 8. The van der Waals surface area contributed by atoms with Gasteiger partial charge in [-0.1, -0.05) is 83.0 Å². The molecule has 8 amide bonds. The third-order valence-electron chi connectivity index (χ3n) is 18.6. The Labute approximate surface area is 980 Å². The fourth-order valence-electron chi connectivity index (χ4n) is 12.0. The van der Waals surface area contributed by atoms with Crippen LogP contribution in [0, 0.1) is 60.1 Å². The van der Waals surface area contributed by atoms with E-state index in [1.165, 1.54) is 12.1 Å². The molecule has 6 aromatic carbocycles. The minimum Gasteiger partial charge on any atom is -1.00 e. The number of nitro benzene ring substituents is 4.